The van der Waals surface area contributed by atoms with Crippen molar-refractivity contribution >= 4 is 23.2 Å². The second-order valence-corrected chi connectivity index (χ2v) is 4.14. The average Bonchev–Trinajstić information content (AvgIpc) is 2.15. The number of nitrogens with one attached hydrogen (secondary N) is 3. The number of hydrogen-bond donors (Lipinski definition) is 3. The molecule has 0 unspecified atom stereocenters. The van der Waals surface area contributed by atoms with E-state index in [1.165, 1.54) is 0 Å². The van der Waals surface area contributed by atoms with Gasteiger partial charge in [0.05, 0.1) is 0 Å². The van der Waals surface area contributed by atoms with Crippen molar-refractivity contribution in [1.29, 1.82) is 0 Å². The maximum absolute atomic E-state index is 11.3. The van der Waals surface area contributed by atoms with E-state index in [0.29, 0.717) is 24.0 Å². The van der Waals surface area contributed by atoms with Gasteiger partial charge >= 0.3 is 0 Å². The third-order valence-electron chi connectivity index (χ3n) is 1.68. The molecule has 0 rings (SSSR count). The monoisotopic (exact) mass is 231 g/mol. The van der Waals surface area contributed by atoms with E-state index >= 15 is 0 Å². The van der Waals surface area contributed by atoms with E-state index in [4.69, 9.17) is 12.2 Å². The summed E-state index contributed by atoms with van der Waals surface area (Å²) in [5, 5.41) is 9.37. The highest BCUT2D eigenvalue weighted by Crippen LogP contribution is 1.87. The molecule has 1 amide bonds. The topological polar surface area (TPSA) is 53.2 Å². The molecule has 0 fully saturated rings. The highest BCUT2D eigenvalue weighted by molar-refractivity contribution is 7.80. The third kappa shape index (κ3) is 9.46. The van der Waals surface area contributed by atoms with E-state index in [0.717, 1.165) is 13.1 Å². The minimum Gasteiger partial charge on any atom is -0.363 e. The maximum Gasteiger partial charge on any atom is 0.221 e. The molecule has 0 aliphatic rings. The summed E-state index contributed by atoms with van der Waals surface area (Å²) in [6, 6.07) is 0. The highest BCUT2D eigenvalue weighted by Gasteiger charge is 2.02. The molecule has 5 heteroatoms. The van der Waals surface area contributed by atoms with Crippen LogP contribution in [0.25, 0.3) is 0 Å². The zero-order valence-electron chi connectivity index (χ0n) is 9.72. The van der Waals surface area contributed by atoms with Gasteiger partial charge in [-0.15, -0.1) is 0 Å². The van der Waals surface area contributed by atoms with E-state index in [-0.39, 0.29) is 5.91 Å². The molecule has 4 nitrogen and oxygen atoms in total. The fourth-order valence-electron chi connectivity index (χ4n) is 0.919. The molecule has 0 aromatic rings. The summed E-state index contributed by atoms with van der Waals surface area (Å²) >= 11 is 4.96. The predicted molar refractivity (Wildman–Crippen MR) is 66.7 cm³/mol. The van der Waals surface area contributed by atoms with Crippen molar-refractivity contribution in [3.05, 3.63) is 0 Å². The second-order valence-electron chi connectivity index (χ2n) is 3.73. The molecule has 88 valence electrons. The molecule has 0 radical (unpaired) electrons. The Bertz CT molecular complexity index is 207. The Labute approximate surface area is 97.2 Å². The normalized spacial score (nSPS) is 9.87. The lowest BCUT2D eigenvalue weighted by atomic mass is 10.2. The van der Waals surface area contributed by atoms with Gasteiger partial charge in [-0.25, -0.2) is 0 Å². The fourth-order valence-corrected chi connectivity index (χ4v) is 1.17. The Morgan fingerprint density at radius 2 is 1.93 bits per heavy atom. The van der Waals surface area contributed by atoms with Gasteiger partial charge < -0.3 is 16.0 Å². The van der Waals surface area contributed by atoms with Crippen molar-refractivity contribution in [2.45, 2.75) is 27.2 Å². The van der Waals surface area contributed by atoms with Gasteiger partial charge in [-0.3, -0.25) is 4.79 Å². The van der Waals surface area contributed by atoms with Crippen molar-refractivity contribution in [3.8, 4) is 0 Å². The SMILES string of the molecule is CCNC(=S)NCCC(=O)NCC(C)C. The first-order valence-corrected chi connectivity index (χ1v) is 5.75. The van der Waals surface area contributed by atoms with Crippen LogP contribution in [-0.4, -0.2) is 30.7 Å². The van der Waals surface area contributed by atoms with E-state index in [2.05, 4.69) is 29.8 Å². The third-order valence-corrected chi connectivity index (χ3v) is 1.97. The van der Waals surface area contributed by atoms with Gasteiger partial charge in [0.1, 0.15) is 0 Å². The highest BCUT2D eigenvalue weighted by atomic mass is 32.1. The number of hydrogen-bond acceptors (Lipinski definition) is 2. The lowest BCUT2D eigenvalue weighted by Crippen LogP contribution is -2.37. The molecular weight excluding hydrogens is 210 g/mol. The van der Waals surface area contributed by atoms with Crippen molar-refractivity contribution in [2.24, 2.45) is 5.92 Å². The van der Waals surface area contributed by atoms with Crippen molar-refractivity contribution in [3.63, 3.8) is 0 Å². The van der Waals surface area contributed by atoms with Crippen molar-refractivity contribution < 1.29 is 4.79 Å². The first kappa shape index (κ1) is 14.2. The number of carbonyl (C=O) groups excluding carboxylic acids is 1. The van der Waals surface area contributed by atoms with Gasteiger partial charge in [-0.05, 0) is 25.1 Å². The number of rotatable bonds is 6. The van der Waals surface area contributed by atoms with Crippen LogP contribution < -0.4 is 16.0 Å². The number of thiocarbonyl (C=S) groups is 1. The zero-order valence-corrected chi connectivity index (χ0v) is 10.5. The molecule has 0 aromatic carbocycles. The fraction of sp³-hybridized carbons (Fsp3) is 0.800. The Kier molecular flexibility index (Phi) is 7.99. The quantitative estimate of drug-likeness (QED) is 0.587. The van der Waals surface area contributed by atoms with Crippen molar-refractivity contribution in [1.82, 2.24) is 16.0 Å². The molecule has 0 atom stereocenters. The number of carbonyl (C=O) groups is 1. The van der Waals surface area contributed by atoms with Crippen LogP contribution in [-0.2, 0) is 4.79 Å². The molecule has 0 saturated heterocycles. The molecule has 0 spiro atoms. The summed E-state index contributed by atoms with van der Waals surface area (Å²) in [4.78, 5) is 11.3. The number of amides is 1. The van der Waals surface area contributed by atoms with Gasteiger partial charge in [0, 0.05) is 26.1 Å². The van der Waals surface area contributed by atoms with E-state index in [1.54, 1.807) is 0 Å². The van der Waals surface area contributed by atoms with Gasteiger partial charge in [-0.2, -0.15) is 0 Å². The molecule has 0 bridgehead atoms. The van der Waals surface area contributed by atoms with Crippen LogP contribution in [0.5, 0.6) is 0 Å². The van der Waals surface area contributed by atoms with Crippen LogP contribution >= 0.6 is 12.2 Å². The smallest absolute Gasteiger partial charge is 0.221 e. The lowest BCUT2D eigenvalue weighted by molar-refractivity contribution is -0.121. The first-order chi connectivity index (χ1) is 7.06. The van der Waals surface area contributed by atoms with Crippen molar-refractivity contribution in [2.75, 3.05) is 19.6 Å². The van der Waals surface area contributed by atoms with Gasteiger partial charge in [0.25, 0.3) is 0 Å². The van der Waals surface area contributed by atoms with E-state index in [1.807, 2.05) is 6.92 Å². The lowest BCUT2D eigenvalue weighted by Gasteiger charge is -2.09. The summed E-state index contributed by atoms with van der Waals surface area (Å²) in [5.74, 6) is 0.556. The van der Waals surface area contributed by atoms with Crippen LogP contribution in [0, 0.1) is 5.92 Å². The zero-order chi connectivity index (χ0) is 11.7. The first-order valence-electron chi connectivity index (χ1n) is 5.34. The molecule has 0 aromatic heterocycles. The summed E-state index contributed by atoms with van der Waals surface area (Å²) in [6.07, 6.45) is 0.457. The van der Waals surface area contributed by atoms with Crippen LogP contribution in [0.3, 0.4) is 0 Å². The molecule has 0 saturated carbocycles. The largest absolute Gasteiger partial charge is 0.363 e. The Balaban J connectivity index is 3.42. The molecule has 15 heavy (non-hydrogen) atoms. The Morgan fingerprint density at radius 3 is 2.47 bits per heavy atom. The van der Waals surface area contributed by atoms with Crippen LogP contribution in [0.15, 0.2) is 0 Å². The molecule has 0 aliphatic heterocycles. The summed E-state index contributed by atoms with van der Waals surface area (Å²) in [5.41, 5.74) is 0. The molecular formula is C10H21N3OS. The Morgan fingerprint density at radius 1 is 1.27 bits per heavy atom. The van der Waals surface area contributed by atoms with Gasteiger partial charge in [-0.1, -0.05) is 13.8 Å². The minimum atomic E-state index is 0.0653. The van der Waals surface area contributed by atoms with E-state index < -0.39 is 0 Å². The van der Waals surface area contributed by atoms with Crippen LogP contribution in [0.2, 0.25) is 0 Å². The van der Waals surface area contributed by atoms with Crippen LogP contribution in [0.4, 0.5) is 0 Å². The van der Waals surface area contributed by atoms with E-state index in [9.17, 15) is 4.79 Å². The predicted octanol–water partition coefficient (Wildman–Crippen LogP) is 0.633. The minimum absolute atomic E-state index is 0.0653. The second kappa shape index (κ2) is 8.47. The standard InChI is InChI=1S/C10H21N3OS/c1-4-11-10(15)12-6-5-9(14)13-7-8(2)3/h8H,4-7H2,1-3H3,(H,13,14)(H2,11,12,15). The molecule has 0 aliphatic carbocycles. The summed E-state index contributed by atoms with van der Waals surface area (Å²) < 4.78 is 0. The maximum atomic E-state index is 11.3. The van der Waals surface area contributed by atoms with Gasteiger partial charge in [0.15, 0.2) is 5.11 Å². The average molecular weight is 231 g/mol. The molecule has 3 N–H and O–H groups in total. The Hall–Kier alpha value is -0.840. The van der Waals surface area contributed by atoms with Gasteiger partial charge in [0.2, 0.25) is 5.91 Å². The molecule has 0 heterocycles. The summed E-state index contributed by atoms with van der Waals surface area (Å²) in [7, 11) is 0. The summed E-state index contributed by atoms with van der Waals surface area (Å²) in [6.45, 7) is 8.22. The van der Waals surface area contributed by atoms with Crippen LogP contribution in [0.1, 0.15) is 27.2 Å².